The largest absolute Gasteiger partial charge is 0.456 e. The van der Waals surface area contributed by atoms with Gasteiger partial charge in [-0.15, -0.1) is 0 Å². The van der Waals surface area contributed by atoms with Gasteiger partial charge in [-0.05, 0) is 70.3 Å². The monoisotopic (exact) mass is 717 g/mol. The molecule has 0 saturated carbocycles. The lowest BCUT2D eigenvalue weighted by atomic mass is 9.95. The molecule has 3 heterocycles. The van der Waals surface area contributed by atoms with Crippen LogP contribution in [0.2, 0.25) is 0 Å². The first-order chi connectivity index (χ1) is 27.7. The predicted molar refractivity (Wildman–Crippen MR) is 227 cm³/mol. The third-order valence-corrected chi connectivity index (χ3v) is 10.5. The number of nitrogens with zero attached hydrogens (tertiary/aromatic N) is 3. The van der Waals surface area contributed by atoms with Crippen molar-refractivity contribution in [1.29, 1.82) is 0 Å². The van der Waals surface area contributed by atoms with Crippen LogP contribution >= 0.6 is 0 Å². The molecule has 0 spiro atoms. The Labute approximate surface area is 322 Å². The molecule has 0 atom stereocenters. The zero-order chi connectivity index (χ0) is 37.0. The van der Waals surface area contributed by atoms with E-state index in [2.05, 4.69) is 121 Å². The highest BCUT2D eigenvalue weighted by molar-refractivity contribution is 6.14. The van der Waals surface area contributed by atoms with Gasteiger partial charge in [0.2, 0.25) is 0 Å². The molecule has 5 nitrogen and oxygen atoms in total. The van der Waals surface area contributed by atoms with E-state index in [4.69, 9.17) is 23.8 Å². The highest BCUT2D eigenvalue weighted by atomic mass is 16.3. The van der Waals surface area contributed by atoms with E-state index in [-0.39, 0.29) is 0 Å². The fraction of sp³-hybridized carbons (Fsp3) is 0. The van der Waals surface area contributed by atoms with Crippen molar-refractivity contribution in [2.24, 2.45) is 0 Å². The molecule has 56 heavy (non-hydrogen) atoms. The molecule has 0 bridgehead atoms. The van der Waals surface area contributed by atoms with Crippen LogP contribution in [0.4, 0.5) is 0 Å². The molecule has 0 fully saturated rings. The maximum atomic E-state index is 6.66. The van der Waals surface area contributed by atoms with Crippen LogP contribution in [0.25, 0.3) is 111 Å². The van der Waals surface area contributed by atoms with Gasteiger partial charge in [-0.3, -0.25) is 0 Å². The summed E-state index contributed by atoms with van der Waals surface area (Å²) in [5.74, 6) is 1.79. The van der Waals surface area contributed by atoms with Gasteiger partial charge < -0.3 is 8.83 Å². The molecule has 0 saturated heterocycles. The van der Waals surface area contributed by atoms with Crippen LogP contribution < -0.4 is 0 Å². The second-order valence-electron chi connectivity index (χ2n) is 14.0. The summed E-state index contributed by atoms with van der Waals surface area (Å²) in [6.45, 7) is 0. The van der Waals surface area contributed by atoms with E-state index in [0.717, 1.165) is 93.9 Å². The number of fused-ring (bicyclic) bond motifs is 6. The first-order valence-corrected chi connectivity index (χ1v) is 18.7. The SMILES string of the molecule is c1ccc(-c2cccc(-c3nc(-c4ccccc4)nc(-c4cccc5oc6cc(-c7cc(-c8ccccc8)cc8c7oc7ccccc78)ccc6c45)n3)c2)cc1. The number of hydrogen-bond donors (Lipinski definition) is 0. The molecule has 11 aromatic rings. The molecule has 0 aliphatic carbocycles. The molecular formula is C51H31N3O2. The summed E-state index contributed by atoms with van der Waals surface area (Å²) in [5.41, 5.74) is 12.5. The summed E-state index contributed by atoms with van der Waals surface area (Å²) in [4.78, 5) is 15.3. The summed E-state index contributed by atoms with van der Waals surface area (Å²) < 4.78 is 13.2. The van der Waals surface area contributed by atoms with Crippen LogP contribution in [-0.4, -0.2) is 15.0 Å². The van der Waals surface area contributed by atoms with Gasteiger partial charge in [-0.1, -0.05) is 146 Å². The first-order valence-electron chi connectivity index (χ1n) is 18.7. The van der Waals surface area contributed by atoms with Crippen molar-refractivity contribution in [2.45, 2.75) is 0 Å². The second-order valence-corrected chi connectivity index (χ2v) is 14.0. The van der Waals surface area contributed by atoms with Crippen molar-refractivity contribution in [3.8, 4) is 67.5 Å². The van der Waals surface area contributed by atoms with E-state index in [0.29, 0.717) is 17.5 Å². The van der Waals surface area contributed by atoms with E-state index in [1.54, 1.807) is 0 Å². The quantitative estimate of drug-likeness (QED) is 0.171. The van der Waals surface area contributed by atoms with Crippen molar-refractivity contribution in [2.75, 3.05) is 0 Å². The maximum absolute atomic E-state index is 6.66. The van der Waals surface area contributed by atoms with Gasteiger partial charge in [0.1, 0.15) is 22.3 Å². The van der Waals surface area contributed by atoms with Crippen LogP contribution in [0.3, 0.4) is 0 Å². The molecule has 0 unspecified atom stereocenters. The van der Waals surface area contributed by atoms with Crippen molar-refractivity contribution < 1.29 is 8.83 Å². The van der Waals surface area contributed by atoms with Crippen LogP contribution in [0.1, 0.15) is 0 Å². The Bertz CT molecular complexity index is 3240. The first kappa shape index (κ1) is 31.9. The van der Waals surface area contributed by atoms with Crippen molar-refractivity contribution in [1.82, 2.24) is 15.0 Å². The van der Waals surface area contributed by atoms with Gasteiger partial charge in [0.15, 0.2) is 17.5 Å². The molecule has 0 amide bonds. The van der Waals surface area contributed by atoms with Gasteiger partial charge in [-0.2, -0.15) is 0 Å². The average Bonchev–Trinajstić information content (AvgIpc) is 3.85. The van der Waals surface area contributed by atoms with E-state index in [1.807, 2.05) is 66.7 Å². The Morgan fingerprint density at radius 1 is 0.286 bits per heavy atom. The van der Waals surface area contributed by atoms with E-state index in [1.165, 1.54) is 0 Å². The van der Waals surface area contributed by atoms with Crippen LogP contribution in [-0.2, 0) is 0 Å². The lowest BCUT2D eigenvalue weighted by molar-refractivity contribution is 0.668. The summed E-state index contributed by atoms with van der Waals surface area (Å²) in [7, 11) is 0. The molecule has 8 aromatic carbocycles. The maximum Gasteiger partial charge on any atom is 0.164 e. The Kier molecular flexibility index (Phi) is 7.42. The zero-order valence-electron chi connectivity index (χ0n) is 30.1. The second kappa shape index (κ2) is 13.0. The molecule has 0 radical (unpaired) electrons. The van der Waals surface area contributed by atoms with Gasteiger partial charge in [0.05, 0.1) is 0 Å². The molecule has 262 valence electrons. The summed E-state index contributed by atoms with van der Waals surface area (Å²) in [6, 6.07) is 64.5. The van der Waals surface area contributed by atoms with Gasteiger partial charge in [0, 0.05) is 43.8 Å². The lowest BCUT2D eigenvalue weighted by Gasteiger charge is -2.10. The predicted octanol–water partition coefficient (Wildman–Crippen LogP) is 13.7. The van der Waals surface area contributed by atoms with E-state index < -0.39 is 0 Å². The molecule has 11 rings (SSSR count). The van der Waals surface area contributed by atoms with Crippen LogP contribution in [0.15, 0.2) is 197 Å². The molecular weight excluding hydrogens is 687 g/mol. The standard InChI is InChI=1S/C51H31N3O2/c1-4-14-32(15-5-1)35-20-12-21-37(28-35)50-52-49(34-18-8-3-9-19-34)53-51(54-50)41-23-13-25-45-47(41)40-27-26-36(31-46(40)55-45)42-29-38(33-16-6-2-7-17-33)30-43-39-22-10-11-24-44(39)56-48(42)43/h1-31H. The summed E-state index contributed by atoms with van der Waals surface area (Å²) in [6.07, 6.45) is 0. The Balaban J connectivity index is 1.09. The number of hydrogen-bond acceptors (Lipinski definition) is 5. The minimum absolute atomic E-state index is 0.580. The minimum Gasteiger partial charge on any atom is -0.456 e. The highest BCUT2D eigenvalue weighted by Gasteiger charge is 2.20. The third kappa shape index (κ3) is 5.45. The van der Waals surface area contributed by atoms with Gasteiger partial charge in [-0.25, -0.2) is 15.0 Å². The highest BCUT2D eigenvalue weighted by Crippen LogP contribution is 2.42. The van der Waals surface area contributed by atoms with Gasteiger partial charge >= 0.3 is 0 Å². The normalized spacial score (nSPS) is 11.6. The Morgan fingerprint density at radius 3 is 1.68 bits per heavy atom. The van der Waals surface area contributed by atoms with E-state index in [9.17, 15) is 0 Å². The summed E-state index contributed by atoms with van der Waals surface area (Å²) >= 11 is 0. The number of aromatic nitrogens is 3. The van der Waals surface area contributed by atoms with Crippen molar-refractivity contribution in [3.63, 3.8) is 0 Å². The summed E-state index contributed by atoms with van der Waals surface area (Å²) in [5, 5.41) is 4.11. The topological polar surface area (TPSA) is 65.0 Å². The van der Waals surface area contributed by atoms with Crippen LogP contribution in [0.5, 0.6) is 0 Å². The van der Waals surface area contributed by atoms with Crippen molar-refractivity contribution in [3.05, 3.63) is 188 Å². The average molecular weight is 718 g/mol. The molecule has 0 N–H and O–H groups in total. The van der Waals surface area contributed by atoms with Crippen molar-refractivity contribution >= 4 is 43.9 Å². The lowest BCUT2D eigenvalue weighted by Crippen LogP contribution is -2.00. The number of para-hydroxylation sites is 1. The number of rotatable bonds is 6. The fourth-order valence-corrected chi connectivity index (χ4v) is 7.83. The smallest absolute Gasteiger partial charge is 0.164 e. The molecule has 0 aliphatic heterocycles. The molecule has 5 heteroatoms. The number of benzene rings is 8. The Hall–Kier alpha value is -7.63. The zero-order valence-corrected chi connectivity index (χ0v) is 30.1. The van der Waals surface area contributed by atoms with Gasteiger partial charge in [0.25, 0.3) is 0 Å². The fourth-order valence-electron chi connectivity index (χ4n) is 7.83. The molecule has 3 aromatic heterocycles. The Morgan fingerprint density at radius 2 is 0.893 bits per heavy atom. The molecule has 0 aliphatic rings. The number of furan rings is 2. The third-order valence-electron chi connectivity index (χ3n) is 10.5. The van der Waals surface area contributed by atoms with Crippen LogP contribution in [0, 0.1) is 0 Å². The minimum atomic E-state index is 0.580. The van der Waals surface area contributed by atoms with E-state index >= 15 is 0 Å².